The molecule has 0 amide bonds. The largest absolute Gasteiger partial charge is 0.490 e. The van der Waals surface area contributed by atoms with Gasteiger partial charge in [0, 0.05) is 11.1 Å². The molecule has 1 heterocycles. The lowest BCUT2D eigenvalue weighted by atomic mass is 10.0. The summed E-state index contributed by atoms with van der Waals surface area (Å²) in [5.74, 6) is 0.122. The van der Waals surface area contributed by atoms with E-state index in [2.05, 4.69) is 0 Å². The van der Waals surface area contributed by atoms with Gasteiger partial charge in [0.1, 0.15) is 30.3 Å². The fourth-order valence-electron chi connectivity index (χ4n) is 3.43. The van der Waals surface area contributed by atoms with Crippen molar-refractivity contribution in [3.05, 3.63) is 94.1 Å². The second-order valence-electron chi connectivity index (χ2n) is 7.43. The van der Waals surface area contributed by atoms with E-state index in [1.807, 2.05) is 30.3 Å². The Morgan fingerprint density at radius 2 is 1.65 bits per heavy atom. The summed E-state index contributed by atoms with van der Waals surface area (Å²) >= 11 is 0. The van der Waals surface area contributed by atoms with Gasteiger partial charge in [0.15, 0.2) is 11.0 Å². The van der Waals surface area contributed by atoms with Crippen LogP contribution in [0.2, 0.25) is 0 Å². The van der Waals surface area contributed by atoms with Crippen LogP contribution in [-0.4, -0.2) is 27.6 Å². The van der Waals surface area contributed by atoms with E-state index < -0.39 is 16.0 Å². The van der Waals surface area contributed by atoms with E-state index in [0.717, 1.165) is 5.56 Å². The highest BCUT2D eigenvalue weighted by Gasteiger charge is 2.19. The minimum absolute atomic E-state index is 0.0313. The first-order chi connectivity index (χ1) is 16.3. The summed E-state index contributed by atoms with van der Waals surface area (Å²) in [5, 5.41) is 5.35. The van der Waals surface area contributed by atoms with Crippen molar-refractivity contribution < 1.29 is 27.1 Å². The third-order valence-corrected chi connectivity index (χ3v) is 6.07. The summed E-state index contributed by atoms with van der Waals surface area (Å²) in [6, 6.07) is 19.5. The Labute approximate surface area is 195 Å². The molecule has 0 saturated heterocycles. The van der Waals surface area contributed by atoms with Crippen LogP contribution in [0.25, 0.3) is 22.3 Å². The monoisotopic (exact) mass is 479 g/mol. The van der Waals surface area contributed by atoms with Crippen molar-refractivity contribution in [2.75, 3.05) is 13.2 Å². The molecule has 0 bridgehead atoms. The minimum Gasteiger partial charge on any atom is -0.490 e. The molecule has 0 atom stereocenters. The average molecular weight is 480 g/mol. The number of hydrogen-bond donors (Lipinski definition) is 1. The Hall–Kier alpha value is -3.95. The highest BCUT2D eigenvalue weighted by molar-refractivity contribution is 7.89. The van der Waals surface area contributed by atoms with Crippen molar-refractivity contribution in [3.8, 4) is 17.1 Å². The highest BCUT2D eigenvalue weighted by Crippen LogP contribution is 2.27. The molecule has 2 N–H and O–H groups in total. The number of para-hydroxylation sites is 1. The lowest BCUT2D eigenvalue weighted by Crippen LogP contribution is -2.14. The number of esters is 1. The topological polar surface area (TPSA) is 126 Å². The van der Waals surface area contributed by atoms with Crippen molar-refractivity contribution >= 4 is 27.0 Å². The molecule has 0 spiro atoms. The molecule has 0 aliphatic rings. The van der Waals surface area contributed by atoms with Crippen LogP contribution in [0.1, 0.15) is 15.9 Å². The molecule has 4 rings (SSSR count). The SMILES string of the molecule is Cc1c(-c2ccccc2)oc2c(C(=O)OCCOc3ccc(S(N)(=O)=O)cc3)cccc2c1=O. The molecule has 0 unspecified atom stereocenters. The predicted molar refractivity (Wildman–Crippen MR) is 126 cm³/mol. The molecule has 4 aromatic rings. The Morgan fingerprint density at radius 3 is 2.32 bits per heavy atom. The molecule has 1 aromatic heterocycles. The van der Waals surface area contributed by atoms with E-state index >= 15 is 0 Å². The van der Waals surface area contributed by atoms with Crippen LogP contribution in [-0.2, 0) is 14.8 Å². The van der Waals surface area contributed by atoms with Crippen LogP contribution in [0.3, 0.4) is 0 Å². The van der Waals surface area contributed by atoms with Gasteiger partial charge in [-0.25, -0.2) is 18.4 Å². The summed E-state index contributed by atoms with van der Waals surface area (Å²) in [4.78, 5) is 25.6. The first-order valence-electron chi connectivity index (χ1n) is 10.3. The number of sulfonamides is 1. The van der Waals surface area contributed by atoms with Gasteiger partial charge >= 0.3 is 5.97 Å². The zero-order chi connectivity index (χ0) is 24.3. The fourth-order valence-corrected chi connectivity index (χ4v) is 3.95. The number of benzene rings is 3. The van der Waals surface area contributed by atoms with Crippen LogP contribution in [0.15, 0.2) is 86.9 Å². The van der Waals surface area contributed by atoms with E-state index in [0.29, 0.717) is 17.1 Å². The second kappa shape index (κ2) is 9.50. The lowest BCUT2D eigenvalue weighted by Gasteiger charge is -2.11. The van der Waals surface area contributed by atoms with Gasteiger partial charge in [-0.05, 0) is 43.3 Å². The summed E-state index contributed by atoms with van der Waals surface area (Å²) < 4.78 is 39.4. The Kier molecular flexibility index (Phi) is 6.49. The van der Waals surface area contributed by atoms with Crippen LogP contribution >= 0.6 is 0 Å². The first kappa shape index (κ1) is 23.2. The molecule has 9 heteroatoms. The number of fused-ring (bicyclic) bond motifs is 1. The minimum atomic E-state index is -3.79. The quantitative estimate of drug-likeness (QED) is 0.317. The maximum absolute atomic E-state index is 12.9. The van der Waals surface area contributed by atoms with Gasteiger partial charge in [0.2, 0.25) is 10.0 Å². The first-order valence-corrected chi connectivity index (χ1v) is 11.8. The molecular formula is C25H21NO7S. The van der Waals surface area contributed by atoms with Crippen LogP contribution in [0.4, 0.5) is 0 Å². The third kappa shape index (κ3) is 4.85. The van der Waals surface area contributed by atoms with Crippen molar-refractivity contribution in [3.63, 3.8) is 0 Å². The molecule has 0 fully saturated rings. The van der Waals surface area contributed by atoms with Crippen molar-refractivity contribution in [2.24, 2.45) is 5.14 Å². The smallest absolute Gasteiger partial charge is 0.342 e. The third-order valence-electron chi connectivity index (χ3n) is 5.14. The van der Waals surface area contributed by atoms with Crippen LogP contribution < -0.4 is 15.3 Å². The molecule has 0 aliphatic carbocycles. The second-order valence-corrected chi connectivity index (χ2v) is 9.00. The molecule has 0 radical (unpaired) electrons. The molecule has 8 nitrogen and oxygen atoms in total. The van der Waals surface area contributed by atoms with Gasteiger partial charge in [0.25, 0.3) is 0 Å². The molecular weight excluding hydrogens is 458 g/mol. The van der Waals surface area contributed by atoms with E-state index in [4.69, 9.17) is 19.0 Å². The Bertz CT molecular complexity index is 1510. The number of primary sulfonamides is 1. The zero-order valence-corrected chi connectivity index (χ0v) is 19.0. The van der Waals surface area contributed by atoms with Gasteiger partial charge in [-0.3, -0.25) is 4.79 Å². The lowest BCUT2D eigenvalue weighted by molar-refractivity contribution is 0.0451. The molecule has 174 valence electrons. The van der Waals surface area contributed by atoms with Crippen molar-refractivity contribution in [2.45, 2.75) is 11.8 Å². The van der Waals surface area contributed by atoms with Crippen LogP contribution in [0.5, 0.6) is 5.75 Å². The highest BCUT2D eigenvalue weighted by atomic mass is 32.2. The molecule has 3 aromatic carbocycles. The molecule has 0 saturated carbocycles. The number of nitrogens with two attached hydrogens (primary N) is 1. The molecule has 34 heavy (non-hydrogen) atoms. The van der Waals surface area contributed by atoms with Gasteiger partial charge < -0.3 is 13.9 Å². The summed E-state index contributed by atoms with van der Waals surface area (Å²) in [7, 11) is -3.79. The summed E-state index contributed by atoms with van der Waals surface area (Å²) in [6.45, 7) is 1.64. The zero-order valence-electron chi connectivity index (χ0n) is 18.2. The standard InChI is InChI=1S/C25H21NO7S/c1-16-22(27)20-8-5-9-21(24(20)33-23(16)17-6-3-2-4-7-17)25(28)32-15-14-31-18-10-12-19(13-11-18)34(26,29)30/h2-13H,14-15H2,1H3,(H2,26,29,30). The maximum Gasteiger partial charge on any atom is 0.342 e. The van der Waals surface area contributed by atoms with Crippen molar-refractivity contribution in [1.29, 1.82) is 0 Å². The van der Waals surface area contributed by atoms with E-state index in [9.17, 15) is 18.0 Å². The number of carbonyl (C=O) groups is 1. The van der Waals surface area contributed by atoms with Gasteiger partial charge in [0.05, 0.1) is 10.3 Å². The van der Waals surface area contributed by atoms with Crippen molar-refractivity contribution in [1.82, 2.24) is 0 Å². The summed E-state index contributed by atoms with van der Waals surface area (Å²) in [5.41, 5.74) is 1.24. The Morgan fingerprint density at radius 1 is 0.941 bits per heavy atom. The van der Waals surface area contributed by atoms with Crippen LogP contribution in [0, 0.1) is 6.92 Å². The van der Waals surface area contributed by atoms with Gasteiger partial charge in [-0.1, -0.05) is 36.4 Å². The van der Waals surface area contributed by atoms with E-state index in [-0.39, 0.29) is 40.1 Å². The number of hydrogen-bond acceptors (Lipinski definition) is 7. The van der Waals surface area contributed by atoms with E-state index in [1.54, 1.807) is 19.1 Å². The maximum atomic E-state index is 12.9. The Balaban J connectivity index is 1.50. The fraction of sp³-hybridized carbons (Fsp3) is 0.120. The van der Waals surface area contributed by atoms with Gasteiger partial charge in [-0.15, -0.1) is 0 Å². The number of rotatable bonds is 7. The normalized spacial score (nSPS) is 11.4. The van der Waals surface area contributed by atoms with Gasteiger partial charge in [-0.2, -0.15) is 0 Å². The molecule has 0 aliphatic heterocycles. The average Bonchev–Trinajstić information content (AvgIpc) is 2.84. The van der Waals surface area contributed by atoms with E-state index in [1.165, 1.54) is 30.3 Å². The number of carbonyl (C=O) groups excluding carboxylic acids is 1. The summed E-state index contributed by atoms with van der Waals surface area (Å²) in [6.07, 6.45) is 0. The number of ether oxygens (including phenoxy) is 2. The predicted octanol–water partition coefficient (Wildman–Crippen LogP) is 3.65.